The van der Waals surface area contributed by atoms with Gasteiger partial charge in [0.15, 0.2) is 11.6 Å². The summed E-state index contributed by atoms with van der Waals surface area (Å²) < 4.78 is 43.1. The van der Waals surface area contributed by atoms with Gasteiger partial charge < -0.3 is 14.2 Å². The highest BCUT2D eigenvalue weighted by molar-refractivity contribution is 5.88. The molecule has 0 N–H and O–H groups in total. The molecular weight excluding hydrogens is 370 g/mol. The molecule has 0 aliphatic carbocycles. The monoisotopic (exact) mass is 386 g/mol. The summed E-state index contributed by atoms with van der Waals surface area (Å²) in [5, 5.41) is 0. The van der Waals surface area contributed by atoms with Crippen LogP contribution in [0.3, 0.4) is 0 Å². The van der Waals surface area contributed by atoms with Crippen molar-refractivity contribution in [3.05, 3.63) is 85.4 Å². The molecule has 0 unspecified atom stereocenters. The second-order valence-electron chi connectivity index (χ2n) is 5.46. The first-order valence-electron chi connectivity index (χ1n) is 7.94. The van der Waals surface area contributed by atoms with Crippen molar-refractivity contribution in [2.45, 2.75) is 6.92 Å². The van der Waals surface area contributed by atoms with Crippen molar-refractivity contribution in [3.63, 3.8) is 0 Å². The van der Waals surface area contributed by atoms with E-state index in [0.717, 1.165) is 24.7 Å². The van der Waals surface area contributed by atoms with Crippen molar-refractivity contribution in [1.82, 2.24) is 0 Å². The quantitative estimate of drug-likeness (QED) is 0.299. The largest absolute Gasteiger partial charge is 0.462 e. The first-order valence-corrected chi connectivity index (χ1v) is 7.94. The van der Waals surface area contributed by atoms with Crippen LogP contribution in [0.2, 0.25) is 0 Å². The van der Waals surface area contributed by atoms with Crippen LogP contribution in [0, 0.1) is 11.6 Å². The first-order chi connectivity index (χ1) is 13.3. The van der Waals surface area contributed by atoms with Crippen molar-refractivity contribution in [2.75, 3.05) is 0 Å². The summed E-state index contributed by atoms with van der Waals surface area (Å²) in [7, 11) is 0. The van der Waals surface area contributed by atoms with Crippen molar-refractivity contribution in [1.29, 1.82) is 0 Å². The molecule has 144 valence electrons. The molecule has 0 radical (unpaired) electrons. The van der Waals surface area contributed by atoms with Gasteiger partial charge in [-0.05, 0) is 36.8 Å². The number of carbonyl (C=O) groups is 2. The maximum atomic E-state index is 14.4. The Morgan fingerprint density at radius 1 is 1.00 bits per heavy atom. The number of benzene rings is 2. The predicted molar refractivity (Wildman–Crippen MR) is 98.3 cm³/mol. The van der Waals surface area contributed by atoms with Gasteiger partial charge in [0.25, 0.3) is 0 Å². The fourth-order valence-corrected chi connectivity index (χ4v) is 1.98. The first kappa shape index (κ1) is 20.6. The van der Waals surface area contributed by atoms with Crippen LogP contribution in [0.5, 0.6) is 11.5 Å². The van der Waals surface area contributed by atoms with Crippen LogP contribution in [0.1, 0.15) is 6.92 Å². The van der Waals surface area contributed by atoms with Gasteiger partial charge in [0.1, 0.15) is 18.3 Å². The van der Waals surface area contributed by atoms with Gasteiger partial charge in [-0.3, -0.25) is 0 Å². The molecule has 0 amide bonds. The molecule has 7 heteroatoms. The van der Waals surface area contributed by atoms with Crippen LogP contribution >= 0.6 is 0 Å². The molecule has 0 aliphatic heterocycles. The summed E-state index contributed by atoms with van der Waals surface area (Å²) in [4.78, 5) is 22.3. The third kappa shape index (κ3) is 5.14. The Hall–Kier alpha value is -3.74. The molecule has 28 heavy (non-hydrogen) atoms. The fraction of sp³-hybridized carbons (Fsp3) is 0.0476. The molecule has 0 saturated carbocycles. The summed E-state index contributed by atoms with van der Waals surface area (Å²) in [6.45, 7) is 8.02. The Labute approximate surface area is 160 Å². The Kier molecular flexibility index (Phi) is 6.81. The van der Waals surface area contributed by atoms with Crippen LogP contribution < -0.4 is 9.47 Å². The number of rotatable bonds is 7. The summed E-state index contributed by atoms with van der Waals surface area (Å²) >= 11 is 0. The van der Waals surface area contributed by atoms with Crippen molar-refractivity contribution < 1.29 is 32.6 Å². The van der Waals surface area contributed by atoms with E-state index in [4.69, 9.17) is 9.47 Å². The van der Waals surface area contributed by atoms with Crippen LogP contribution in [-0.4, -0.2) is 11.9 Å². The molecule has 0 aromatic heterocycles. The van der Waals surface area contributed by atoms with E-state index < -0.39 is 29.3 Å². The van der Waals surface area contributed by atoms with Gasteiger partial charge in [-0.1, -0.05) is 25.3 Å². The van der Waals surface area contributed by atoms with Gasteiger partial charge in [-0.25, -0.2) is 14.0 Å². The summed E-state index contributed by atoms with van der Waals surface area (Å²) in [6.07, 6.45) is 3.18. The van der Waals surface area contributed by atoms with Crippen molar-refractivity contribution in [2.24, 2.45) is 0 Å². The van der Waals surface area contributed by atoms with E-state index in [1.54, 1.807) is 0 Å². The Morgan fingerprint density at radius 2 is 1.68 bits per heavy atom. The van der Waals surface area contributed by atoms with Gasteiger partial charge in [0.05, 0.1) is 0 Å². The SMILES string of the molecule is C=CC(=O)O/C=C\Oc1ccc(-c2ccc(OC(=O)C(=C)C)c(F)c2F)cc1. The van der Waals surface area contributed by atoms with E-state index in [-0.39, 0.29) is 11.1 Å². The molecule has 0 fully saturated rings. The zero-order valence-electron chi connectivity index (χ0n) is 14.9. The van der Waals surface area contributed by atoms with Gasteiger partial charge in [0, 0.05) is 17.2 Å². The normalized spacial score (nSPS) is 10.4. The van der Waals surface area contributed by atoms with E-state index in [0.29, 0.717) is 11.3 Å². The molecule has 0 atom stereocenters. The van der Waals surface area contributed by atoms with E-state index in [1.165, 1.54) is 37.3 Å². The lowest BCUT2D eigenvalue weighted by atomic mass is 10.0. The molecule has 5 nitrogen and oxygen atoms in total. The molecule has 0 bridgehead atoms. The number of halogens is 2. The van der Waals surface area contributed by atoms with Gasteiger partial charge in [0.2, 0.25) is 5.82 Å². The molecular formula is C21H16F2O5. The number of carbonyl (C=O) groups excluding carboxylic acids is 2. The lowest BCUT2D eigenvalue weighted by Gasteiger charge is -2.10. The van der Waals surface area contributed by atoms with E-state index in [2.05, 4.69) is 17.9 Å². The summed E-state index contributed by atoms with van der Waals surface area (Å²) in [5.41, 5.74) is 0.422. The Morgan fingerprint density at radius 3 is 2.29 bits per heavy atom. The molecule has 2 rings (SSSR count). The lowest BCUT2D eigenvalue weighted by Crippen LogP contribution is -2.10. The van der Waals surface area contributed by atoms with E-state index >= 15 is 0 Å². The highest BCUT2D eigenvalue weighted by atomic mass is 19.2. The number of esters is 2. The Balaban J connectivity index is 2.14. The van der Waals surface area contributed by atoms with E-state index in [9.17, 15) is 18.4 Å². The fourth-order valence-electron chi connectivity index (χ4n) is 1.98. The van der Waals surface area contributed by atoms with Crippen molar-refractivity contribution >= 4 is 11.9 Å². The lowest BCUT2D eigenvalue weighted by molar-refractivity contribution is -0.132. The number of hydrogen-bond acceptors (Lipinski definition) is 5. The third-order valence-corrected chi connectivity index (χ3v) is 3.37. The van der Waals surface area contributed by atoms with Crippen LogP contribution in [0.25, 0.3) is 11.1 Å². The standard InChI is InChI=1S/C21H16F2O5/c1-4-18(24)27-12-11-26-15-7-5-14(6-8-15)16-9-10-17(20(23)19(16)22)28-21(25)13(2)3/h4-12H,1-2H2,3H3/b12-11-. The van der Waals surface area contributed by atoms with Crippen LogP contribution in [0.15, 0.2) is 73.7 Å². The van der Waals surface area contributed by atoms with Crippen LogP contribution in [0.4, 0.5) is 8.78 Å². The molecule has 0 saturated heterocycles. The second kappa shape index (κ2) is 9.27. The zero-order chi connectivity index (χ0) is 20.7. The van der Waals surface area contributed by atoms with Gasteiger partial charge >= 0.3 is 11.9 Å². The van der Waals surface area contributed by atoms with Gasteiger partial charge in [-0.2, -0.15) is 4.39 Å². The zero-order valence-corrected chi connectivity index (χ0v) is 14.9. The van der Waals surface area contributed by atoms with Crippen LogP contribution in [-0.2, 0) is 14.3 Å². The highest BCUT2D eigenvalue weighted by Crippen LogP contribution is 2.31. The van der Waals surface area contributed by atoms with Gasteiger partial charge in [-0.15, -0.1) is 0 Å². The maximum Gasteiger partial charge on any atom is 0.338 e. The second-order valence-corrected chi connectivity index (χ2v) is 5.46. The number of hydrogen-bond donors (Lipinski definition) is 0. The highest BCUT2D eigenvalue weighted by Gasteiger charge is 2.18. The molecule has 0 spiro atoms. The minimum Gasteiger partial charge on any atom is -0.462 e. The Bertz CT molecular complexity index is 946. The van der Waals surface area contributed by atoms with Crippen molar-refractivity contribution in [3.8, 4) is 22.6 Å². The molecule has 2 aromatic carbocycles. The maximum absolute atomic E-state index is 14.4. The third-order valence-electron chi connectivity index (χ3n) is 3.37. The average molecular weight is 386 g/mol. The topological polar surface area (TPSA) is 61.8 Å². The van der Waals surface area contributed by atoms with E-state index in [1.807, 2.05) is 0 Å². The minimum absolute atomic E-state index is 0.0189. The number of ether oxygens (including phenoxy) is 3. The summed E-state index contributed by atoms with van der Waals surface area (Å²) in [5.74, 6) is -4.06. The summed E-state index contributed by atoms with van der Waals surface area (Å²) in [6, 6.07) is 8.51. The molecule has 0 aliphatic rings. The smallest absolute Gasteiger partial charge is 0.338 e. The predicted octanol–water partition coefficient (Wildman–Crippen LogP) is 4.69. The minimum atomic E-state index is -1.28. The molecule has 0 heterocycles. The molecule has 2 aromatic rings. The average Bonchev–Trinajstić information content (AvgIpc) is 2.69.